The predicted octanol–water partition coefficient (Wildman–Crippen LogP) is 6.20. The molecule has 0 atom stereocenters. The number of aryl methyl sites for hydroxylation is 1. The standard InChI is InChI=1S/C38H43F3N8O2/c1-4-29(50)47-18-36(19-47)10-13-46(14-11-36)34-26-16-25(24-7-8-24)31(30-23(3)6-9-28-27(30)17-42-45-28)33(51-22-38(39,40)41)32(26)43-35(44-34)48-20-37(21-48)12-15-49(37)5-2/h4,6,9,16-17,24H,1,5,7-8,10-15,18-22H2,2-3H3,(H,42,45). The van der Waals surface area contributed by atoms with E-state index in [4.69, 9.17) is 14.7 Å². The summed E-state index contributed by atoms with van der Waals surface area (Å²) in [6, 6.07) is 6.07. The van der Waals surface area contributed by atoms with Crippen LogP contribution in [0.25, 0.3) is 32.9 Å². The smallest absolute Gasteiger partial charge is 0.422 e. The first-order valence-electron chi connectivity index (χ1n) is 18.2. The fourth-order valence-corrected chi connectivity index (χ4v) is 9.14. The number of alkyl halides is 3. The first kappa shape index (κ1) is 32.5. The third kappa shape index (κ3) is 5.33. The highest BCUT2D eigenvalue weighted by Crippen LogP contribution is 2.54. The number of hydrogen-bond donors (Lipinski definition) is 1. The fraction of sp³-hybridized carbons (Fsp3) is 0.526. The summed E-state index contributed by atoms with van der Waals surface area (Å²) < 4.78 is 48.2. The Labute approximate surface area is 294 Å². The highest BCUT2D eigenvalue weighted by atomic mass is 19.4. The molecule has 2 aromatic heterocycles. The topological polar surface area (TPSA) is 93.7 Å². The van der Waals surface area contributed by atoms with Crippen molar-refractivity contribution in [3.63, 3.8) is 0 Å². The van der Waals surface area contributed by atoms with Gasteiger partial charge in [0.25, 0.3) is 0 Å². The molecule has 0 bridgehead atoms. The molecule has 0 unspecified atom stereocenters. The summed E-state index contributed by atoms with van der Waals surface area (Å²) in [5.74, 6) is 1.58. The molecule has 0 radical (unpaired) electrons. The van der Waals surface area contributed by atoms with Crippen molar-refractivity contribution in [1.29, 1.82) is 0 Å². The highest BCUT2D eigenvalue weighted by Gasteiger charge is 2.53. The van der Waals surface area contributed by atoms with Gasteiger partial charge in [-0.1, -0.05) is 19.6 Å². The summed E-state index contributed by atoms with van der Waals surface area (Å²) in [4.78, 5) is 31.4. The molecule has 13 heteroatoms. The average Bonchev–Trinajstić information content (AvgIpc) is 3.80. The van der Waals surface area contributed by atoms with Crippen molar-refractivity contribution in [2.45, 2.75) is 63.6 Å². The molecular weight excluding hydrogens is 657 g/mol. The molecule has 5 fully saturated rings. The summed E-state index contributed by atoms with van der Waals surface area (Å²) in [5.41, 5.74) is 4.77. The molecule has 1 saturated carbocycles. The summed E-state index contributed by atoms with van der Waals surface area (Å²) in [5, 5.41) is 8.89. The molecule has 4 aromatic rings. The third-order valence-electron chi connectivity index (χ3n) is 12.2. The van der Waals surface area contributed by atoms with E-state index in [9.17, 15) is 18.0 Å². The van der Waals surface area contributed by atoms with Crippen LogP contribution in [-0.2, 0) is 4.79 Å². The van der Waals surface area contributed by atoms with Gasteiger partial charge in [-0.25, -0.2) is 4.98 Å². The Kier molecular flexibility index (Phi) is 7.37. The molecule has 1 amide bonds. The van der Waals surface area contributed by atoms with Crippen LogP contribution in [0.4, 0.5) is 24.9 Å². The van der Waals surface area contributed by atoms with E-state index in [1.165, 1.54) is 6.08 Å². The maximum Gasteiger partial charge on any atom is 0.422 e. The van der Waals surface area contributed by atoms with Crippen molar-refractivity contribution in [3.05, 3.63) is 48.2 Å². The first-order chi connectivity index (χ1) is 24.5. The van der Waals surface area contributed by atoms with Crippen LogP contribution in [-0.4, -0.2) is 107 Å². The lowest BCUT2D eigenvalue weighted by Gasteiger charge is -2.62. The number of rotatable bonds is 8. The van der Waals surface area contributed by atoms with Crippen LogP contribution in [0.1, 0.15) is 56.1 Å². The second-order valence-corrected chi connectivity index (χ2v) is 15.5. The number of ether oxygens (including phenoxy) is 1. The number of hydrogen-bond acceptors (Lipinski definition) is 8. The van der Waals surface area contributed by atoms with Crippen LogP contribution in [0.3, 0.4) is 0 Å². The van der Waals surface area contributed by atoms with Crippen molar-refractivity contribution in [2.75, 3.05) is 68.8 Å². The van der Waals surface area contributed by atoms with Gasteiger partial charge in [-0.15, -0.1) is 0 Å². The number of anilines is 2. The van der Waals surface area contributed by atoms with Crippen molar-refractivity contribution in [2.24, 2.45) is 5.41 Å². The summed E-state index contributed by atoms with van der Waals surface area (Å²) in [7, 11) is 0. The predicted molar refractivity (Wildman–Crippen MR) is 190 cm³/mol. The molecule has 51 heavy (non-hydrogen) atoms. The SMILES string of the molecule is C=CC(=O)N1CC2(CCN(c3nc(N4CC5(CCN5CC)C4)nc4c(OCC(F)(F)F)c(-c5c(C)ccc6[nH]ncc56)c(C5CC5)cc34)CC2)C1. The Morgan fingerprint density at radius 1 is 1.04 bits per heavy atom. The maximum absolute atomic E-state index is 14.1. The Hall–Kier alpha value is -4.39. The number of benzene rings is 2. The molecule has 1 N–H and O–H groups in total. The first-order valence-corrected chi connectivity index (χ1v) is 18.2. The molecule has 4 saturated heterocycles. The van der Waals surface area contributed by atoms with Gasteiger partial charge in [0.05, 0.1) is 17.3 Å². The van der Waals surface area contributed by atoms with E-state index in [-0.39, 0.29) is 28.5 Å². The van der Waals surface area contributed by atoms with Gasteiger partial charge in [0.15, 0.2) is 12.4 Å². The zero-order valence-electron chi connectivity index (χ0n) is 29.2. The molecule has 10 nitrogen and oxygen atoms in total. The number of fused-ring (bicyclic) bond motifs is 2. The zero-order valence-corrected chi connectivity index (χ0v) is 29.2. The molecule has 2 aromatic carbocycles. The van der Waals surface area contributed by atoms with E-state index in [2.05, 4.69) is 44.5 Å². The number of H-pyrrole nitrogens is 1. The van der Waals surface area contributed by atoms with Gasteiger partial charge >= 0.3 is 6.18 Å². The lowest BCUT2D eigenvalue weighted by Crippen LogP contribution is -2.77. The van der Waals surface area contributed by atoms with E-state index >= 15 is 0 Å². The Balaban J connectivity index is 1.20. The van der Waals surface area contributed by atoms with Crippen LogP contribution in [0, 0.1) is 12.3 Å². The van der Waals surface area contributed by atoms with Gasteiger partial charge in [-0.3, -0.25) is 14.8 Å². The molecule has 9 rings (SSSR count). The number of carbonyl (C=O) groups is 1. The van der Waals surface area contributed by atoms with Crippen molar-refractivity contribution in [1.82, 2.24) is 30.0 Å². The number of nitrogens with zero attached hydrogens (tertiary/aromatic N) is 7. The van der Waals surface area contributed by atoms with Gasteiger partial charge < -0.3 is 19.4 Å². The van der Waals surface area contributed by atoms with Crippen LogP contribution in [0.15, 0.2) is 37.1 Å². The molecule has 268 valence electrons. The molecule has 2 spiro atoms. The van der Waals surface area contributed by atoms with Gasteiger partial charge in [-0.05, 0) is 86.4 Å². The lowest BCUT2D eigenvalue weighted by molar-refractivity contribution is -0.153. The van der Waals surface area contributed by atoms with Gasteiger partial charge in [0.1, 0.15) is 11.3 Å². The number of amides is 1. The number of halogens is 3. The van der Waals surface area contributed by atoms with Crippen LogP contribution in [0.2, 0.25) is 0 Å². The fourth-order valence-electron chi connectivity index (χ4n) is 9.14. The van der Waals surface area contributed by atoms with E-state index in [0.29, 0.717) is 17.0 Å². The quantitative estimate of drug-likeness (QED) is 0.218. The normalized spacial score (nSPS) is 21.2. The second kappa shape index (κ2) is 11.6. The number of likely N-dealkylation sites (N-methyl/N-ethyl adjacent to an activating group) is 1. The minimum Gasteiger partial charge on any atom is -0.481 e. The number of nitrogens with one attached hydrogen (secondary N) is 1. The molecule has 6 heterocycles. The Morgan fingerprint density at radius 3 is 2.45 bits per heavy atom. The lowest BCUT2D eigenvalue weighted by atomic mass is 9.72. The summed E-state index contributed by atoms with van der Waals surface area (Å²) in [6.07, 6.45) is 3.35. The van der Waals surface area contributed by atoms with Crippen molar-refractivity contribution < 1.29 is 22.7 Å². The zero-order chi connectivity index (χ0) is 35.3. The molecule has 1 aliphatic carbocycles. The number of aromatic nitrogens is 4. The highest BCUT2D eigenvalue weighted by molar-refractivity contribution is 6.06. The van der Waals surface area contributed by atoms with Crippen LogP contribution >= 0.6 is 0 Å². The van der Waals surface area contributed by atoms with E-state index in [0.717, 1.165) is 123 Å². The van der Waals surface area contributed by atoms with Gasteiger partial charge in [0, 0.05) is 67.6 Å². The van der Waals surface area contributed by atoms with E-state index in [1.807, 2.05) is 24.0 Å². The average molecular weight is 701 g/mol. The number of aromatic amines is 1. The van der Waals surface area contributed by atoms with Gasteiger partial charge in [-0.2, -0.15) is 23.3 Å². The minimum absolute atomic E-state index is 0.0361. The third-order valence-corrected chi connectivity index (χ3v) is 12.2. The van der Waals surface area contributed by atoms with E-state index < -0.39 is 12.8 Å². The number of piperidine rings is 1. The van der Waals surface area contributed by atoms with Crippen molar-refractivity contribution >= 4 is 39.5 Å². The van der Waals surface area contributed by atoms with E-state index in [1.54, 1.807) is 6.20 Å². The number of carbonyl (C=O) groups excluding carboxylic acids is 1. The Morgan fingerprint density at radius 2 is 1.80 bits per heavy atom. The molecular formula is C38H43F3N8O2. The molecule has 5 aliphatic rings. The van der Waals surface area contributed by atoms with Crippen molar-refractivity contribution in [3.8, 4) is 16.9 Å². The number of likely N-dealkylation sites (tertiary alicyclic amines) is 2. The monoisotopic (exact) mass is 700 g/mol. The van der Waals surface area contributed by atoms with Gasteiger partial charge in [0.2, 0.25) is 11.9 Å². The largest absolute Gasteiger partial charge is 0.481 e. The van der Waals surface area contributed by atoms with Crippen LogP contribution in [0.5, 0.6) is 5.75 Å². The maximum atomic E-state index is 14.1. The summed E-state index contributed by atoms with van der Waals surface area (Å²) in [6.45, 7) is 12.9. The van der Waals surface area contributed by atoms with Crippen LogP contribution < -0.4 is 14.5 Å². The second-order valence-electron chi connectivity index (χ2n) is 15.5. The molecule has 4 aliphatic heterocycles. The summed E-state index contributed by atoms with van der Waals surface area (Å²) >= 11 is 0. The Bertz CT molecular complexity index is 2050. The minimum atomic E-state index is -4.54.